The van der Waals surface area contributed by atoms with Gasteiger partial charge in [-0.3, -0.25) is 9.97 Å². The lowest BCUT2D eigenvalue weighted by Gasteiger charge is -2.26. The maximum absolute atomic E-state index is 5.52. The Morgan fingerprint density at radius 3 is 0.450 bits per heavy atom. The molecule has 0 radical (unpaired) electrons. The molecule has 2 aromatic heterocycles. The monoisotopic (exact) mass is 1280 g/mol. The third-order valence-electron chi connectivity index (χ3n) is 17.4. The van der Waals surface area contributed by atoms with E-state index in [4.69, 9.17) is 19.9 Å². The number of nitrogens with zero attached hydrogens (tertiary/aromatic N) is 8. The van der Waals surface area contributed by atoms with Crippen LogP contribution < -0.4 is 19.6 Å². The van der Waals surface area contributed by atoms with Crippen LogP contribution in [0.25, 0.3) is 67.5 Å². The Hall–Kier alpha value is -13.6. The zero-order valence-electron chi connectivity index (χ0n) is 54.8. The first kappa shape index (κ1) is 62.5. The maximum Gasteiger partial charge on any atom is 0.0973 e. The van der Waals surface area contributed by atoms with Gasteiger partial charge in [-0.2, -0.15) is 0 Å². The van der Waals surface area contributed by atoms with Crippen molar-refractivity contribution in [2.75, 3.05) is 19.6 Å². The average Bonchev–Trinajstić information content (AvgIpc) is 0.764. The highest BCUT2D eigenvalue weighted by molar-refractivity contribution is 5.90. The van der Waals surface area contributed by atoms with Gasteiger partial charge in [0.15, 0.2) is 0 Å². The van der Waals surface area contributed by atoms with E-state index in [9.17, 15) is 0 Å². The zero-order chi connectivity index (χ0) is 67.1. The molecule has 100 heavy (non-hydrogen) atoms. The molecular formula is C92H68N8. The summed E-state index contributed by atoms with van der Waals surface area (Å²) in [7, 11) is 0. The number of hydrogen-bond acceptors (Lipinski definition) is 8. The molecule has 0 spiro atoms. The molecule has 16 aromatic rings. The first-order chi connectivity index (χ1) is 49.6. The van der Waals surface area contributed by atoms with Gasteiger partial charge in [0.1, 0.15) is 0 Å². The molecule has 0 unspecified atom stereocenters. The van der Waals surface area contributed by atoms with Crippen LogP contribution in [-0.2, 0) is 0 Å². The van der Waals surface area contributed by atoms with E-state index < -0.39 is 0 Å². The molecule has 14 aromatic carbocycles. The Kier molecular flexibility index (Phi) is 18.8. The van der Waals surface area contributed by atoms with Crippen molar-refractivity contribution in [1.82, 2.24) is 19.9 Å². The summed E-state index contributed by atoms with van der Waals surface area (Å²) < 4.78 is 0. The van der Waals surface area contributed by atoms with Gasteiger partial charge in [0.05, 0.1) is 34.2 Å². The van der Waals surface area contributed by atoms with Crippen LogP contribution in [0.2, 0.25) is 0 Å². The Bertz CT molecular complexity index is 4730. The summed E-state index contributed by atoms with van der Waals surface area (Å²) in [5.41, 5.74) is 24.0. The van der Waals surface area contributed by atoms with Crippen molar-refractivity contribution in [2.45, 2.75) is 0 Å². The fraction of sp³-hybridized carbons (Fsp3) is 0. The maximum atomic E-state index is 5.52. The number of rotatable bonds is 18. The van der Waals surface area contributed by atoms with Gasteiger partial charge in [0.2, 0.25) is 0 Å². The molecule has 8 nitrogen and oxygen atoms in total. The van der Waals surface area contributed by atoms with Crippen molar-refractivity contribution < 1.29 is 0 Å². The molecule has 0 amide bonds. The molecule has 0 atom stereocenters. The first-order valence-electron chi connectivity index (χ1n) is 33.5. The molecule has 2 heterocycles. The topological polar surface area (TPSA) is 64.5 Å². The lowest BCUT2D eigenvalue weighted by Crippen LogP contribution is -2.09. The molecular weight excluding hydrogens is 1220 g/mol. The standard InChI is InChI=1S/C52H38N4.C40H30N4/c1-7-19-39(20-8-1)49-50(40-21-9-2-10-22-40)54-52(42-33-37-48(38-34-42)56(45-27-15-5-16-28-45)46-29-17-6-18-30-46)51(53-49)41-31-35-47(36-32-41)55(43-23-11-3-12-24-43)44-25-13-4-14-26-44;1-5-13-33(14-6-1)43(34-15-7-2-8-16-34)37-25-21-31(22-26-37)39-40(42-30-29-41-39)32-23-27-38(28-24-32)44(35-17-9-3-10-18-35)36-19-11-4-12-20-36/h1-38H;1-30H. The van der Waals surface area contributed by atoms with Crippen molar-refractivity contribution in [3.63, 3.8) is 0 Å². The van der Waals surface area contributed by atoms with E-state index in [1.165, 1.54) is 0 Å². The lowest BCUT2D eigenvalue weighted by atomic mass is 9.99. The predicted molar refractivity (Wildman–Crippen MR) is 415 cm³/mol. The van der Waals surface area contributed by atoms with Crippen LogP contribution in [0.5, 0.6) is 0 Å². The van der Waals surface area contributed by atoms with Gasteiger partial charge in [0.25, 0.3) is 0 Å². The predicted octanol–water partition coefficient (Wildman–Crippen LogP) is 24.8. The third-order valence-corrected chi connectivity index (χ3v) is 17.4. The first-order valence-corrected chi connectivity index (χ1v) is 33.5. The molecule has 0 aliphatic heterocycles. The van der Waals surface area contributed by atoms with Crippen LogP contribution in [0.3, 0.4) is 0 Å². The normalized spacial score (nSPS) is 10.8. The van der Waals surface area contributed by atoms with Gasteiger partial charge in [-0.15, -0.1) is 0 Å². The van der Waals surface area contributed by atoms with Crippen LogP contribution >= 0.6 is 0 Å². The minimum atomic E-state index is 0.816. The molecule has 0 fully saturated rings. The summed E-state index contributed by atoms with van der Waals surface area (Å²) >= 11 is 0. The van der Waals surface area contributed by atoms with Crippen molar-refractivity contribution in [2.24, 2.45) is 0 Å². The van der Waals surface area contributed by atoms with Crippen LogP contribution in [0.1, 0.15) is 0 Å². The molecule has 0 N–H and O–H groups in total. The highest BCUT2D eigenvalue weighted by atomic mass is 15.2. The Morgan fingerprint density at radius 2 is 0.270 bits per heavy atom. The summed E-state index contributed by atoms with van der Waals surface area (Å²) in [4.78, 5) is 29.7. The van der Waals surface area contributed by atoms with E-state index in [0.29, 0.717) is 0 Å². The second-order valence-corrected chi connectivity index (χ2v) is 23.8. The van der Waals surface area contributed by atoms with Gasteiger partial charge in [-0.1, -0.05) is 255 Å². The summed E-state index contributed by atoms with van der Waals surface area (Å²) in [5, 5.41) is 0. The van der Waals surface area contributed by atoms with Crippen molar-refractivity contribution >= 4 is 68.2 Å². The molecule has 0 bridgehead atoms. The Labute approximate surface area is 584 Å². The van der Waals surface area contributed by atoms with E-state index in [1.54, 1.807) is 12.4 Å². The minimum absolute atomic E-state index is 0.816. The zero-order valence-corrected chi connectivity index (χ0v) is 54.8. The van der Waals surface area contributed by atoms with E-state index in [1.807, 2.05) is 60.7 Å². The van der Waals surface area contributed by atoms with Gasteiger partial charge in [-0.05, 0) is 146 Å². The highest BCUT2D eigenvalue weighted by Gasteiger charge is 2.23. The molecule has 8 heteroatoms. The molecule has 0 aliphatic carbocycles. The second-order valence-electron chi connectivity index (χ2n) is 23.8. The Balaban J connectivity index is 0.000000167. The Morgan fingerprint density at radius 1 is 0.130 bits per heavy atom. The highest BCUT2D eigenvalue weighted by Crippen LogP contribution is 2.44. The average molecular weight is 1290 g/mol. The molecule has 0 aliphatic rings. The molecule has 0 saturated carbocycles. The molecule has 0 saturated heterocycles. The van der Waals surface area contributed by atoms with Crippen LogP contribution in [0, 0.1) is 0 Å². The summed E-state index contributed by atoms with van der Waals surface area (Å²) in [5.74, 6) is 0. The van der Waals surface area contributed by atoms with Gasteiger partial charge < -0.3 is 19.6 Å². The largest absolute Gasteiger partial charge is 0.311 e. The van der Waals surface area contributed by atoms with Gasteiger partial charge in [0, 0.05) is 114 Å². The second kappa shape index (κ2) is 30.0. The lowest BCUT2D eigenvalue weighted by molar-refractivity contribution is 1.21. The van der Waals surface area contributed by atoms with Gasteiger partial charge >= 0.3 is 0 Å². The third kappa shape index (κ3) is 13.9. The van der Waals surface area contributed by atoms with E-state index in [2.05, 4.69) is 359 Å². The van der Waals surface area contributed by atoms with Crippen molar-refractivity contribution in [3.05, 3.63) is 413 Å². The van der Waals surface area contributed by atoms with Crippen LogP contribution in [0.4, 0.5) is 68.2 Å². The van der Waals surface area contributed by atoms with Gasteiger partial charge in [-0.25, -0.2) is 9.97 Å². The number of hydrogen-bond donors (Lipinski definition) is 0. The molecule has 16 rings (SSSR count). The fourth-order valence-corrected chi connectivity index (χ4v) is 12.7. The number of benzene rings is 14. The fourth-order valence-electron chi connectivity index (χ4n) is 12.7. The number of para-hydroxylation sites is 8. The van der Waals surface area contributed by atoms with E-state index in [-0.39, 0.29) is 0 Å². The van der Waals surface area contributed by atoms with Crippen LogP contribution in [-0.4, -0.2) is 19.9 Å². The SMILES string of the molecule is c1ccc(-c2nc(-c3ccc(N(c4ccccc4)c4ccccc4)cc3)c(-c3ccc(N(c4ccccc4)c4ccccc4)cc3)nc2-c2ccccc2)cc1.c1ccc(N(c2ccccc2)c2ccc(-c3nccnc3-c3ccc(N(c4ccccc4)c4ccccc4)cc3)cc2)cc1. The van der Waals surface area contributed by atoms with Crippen molar-refractivity contribution in [1.29, 1.82) is 0 Å². The van der Waals surface area contributed by atoms with E-state index >= 15 is 0 Å². The minimum Gasteiger partial charge on any atom is -0.311 e. The summed E-state index contributed by atoms with van der Waals surface area (Å²) in [6, 6.07) is 139. The summed E-state index contributed by atoms with van der Waals surface area (Å²) in [6.45, 7) is 0. The van der Waals surface area contributed by atoms with Crippen molar-refractivity contribution in [3.8, 4) is 67.5 Å². The number of aromatic nitrogens is 4. The molecule has 476 valence electrons. The quantitative estimate of drug-likeness (QED) is 0.0842. The smallest absolute Gasteiger partial charge is 0.0973 e. The van der Waals surface area contributed by atoms with E-state index in [0.717, 1.165) is 136 Å². The summed E-state index contributed by atoms with van der Waals surface area (Å²) in [6.07, 6.45) is 3.52. The number of anilines is 12. The van der Waals surface area contributed by atoms with Crippen LogP contribution in [0.15, 0.2) is 413 Å².